The number of hydrogen-bond donors (Lipinski definition) is 1. The van der Waals surface area contributed by atoms with Gasteiger partial charge < -0.3 is 10.2 Å². The summed E-state index contributed by atoms with van der Waals surface area (Å²) in [5.74, 6) is -0.524. The highest BCUT2D eigenvalue weighted by molar-refractivity contribution is 8.00. The van der Waals surface area contributed by atoms with Gasteiger partial charge in [-0.25, -0.2) is 4.39 Å². The molecule has 0 bridgehead atoms. The molecule has 1 saturated heterocycles. The molecule has 1 N–H and O–H groups in total. The molecule has 1 aliphatic rings. The van der Waals surface area contributed by atoms with Gasteiger partial charge in [-0.05, 0) is 26.0 Å². The Morgan fingerprint density at radius 2 is 2.15 bits per heavy atom. The van der Waals surface area contributed by atoms with E-state index in [1.807, 2.05) is 0 Å². The Bertz CT molecular complexity index is 534. The van der Waals surface area contributed by atoms with Gasteiger partial charge in [0.25, 0.3) is 0 Å². The third-order valence-corrected chi connectivity index (χ3v) is 4.37. The summed E-state index contributed by atoms with van der Waals surface area (Å²) in [6, 6.07) is 6.35. The van der Waals surface area contributed by atoms with Crippen LogP contribution in [0, 0.1) is 5.82 Å². The van der Waals surface area contributed by atoms with Crippen LogP contribution in [0.5, 0.6) is 0 Å². The third-order valence-electron chi connectivity index (χ3n) is 3.34. The van der Waals surface area contributed by atoms with Crippen LogP contribution in [-0.4, -0.2) is 41.1 Å². The lowest BCUT2D eigenvalue weighted by Gasteiger charge is -2.41. The van der Waals surface area contributed by atoms with Crippen LogP contribution in [-0.2, 0) is 9.59 Å². The molecule has 0 aromatic heterocycles. The van der Waals surface area contributed by atoms with Crippen LogP contribution in [0.1, 0.15) is 13.8 Å². The number of hydrogen-bond acceptors (Lipinski definition) is 3. The van der Waals surface area contributed by atoms with Crippen LogP contribution in [0.3, 0.4) is 0 Å². The molecule has 0 unspecified atom stereocenters. The maximum Gasteiger partial charge on any atom is 0.245 e. The SMILES string of the molecule is CC1(C)C(=O)NCCN1C(=O)CSc1ccccc1F. The minimum Gasteiger partial charge on any atom is -0.352 e. The van der Waals surface area contributed by atoms with Gasteiger partial charge in [-0.2, -0.15) is 0 Å². The van der Waals surface area contributed by atoms with Crippen molar-refractivity contribution in [1.82, 2.24) is 10.2 Å². The minimum absolute atomic E-state index is 0.123. The fourth-order valence-electron chi connectivity index (χ4n) is 2.12. The van der Waals surface area contributed by atoms with Gasteiger partial charge in [0.05, 0.1) is 5.75 Å². The molecule has 2 amide bonds. The van der Waals surface area contributed by atoms with Gasteiger partial charge in [0.1, 0.15) is 11.4 Å². The average Bonchev–Trinajstić information content (AvgIpc) is 2.40. The van der Waals surface area contributed by atoms with E-state index in [1.165, 1.54) is 6.07 Å². The smallest absolute Gasteiger partial charge is 0.245 e. The average molecular weight is 296 g/mol. The lowest BCUT2D eigenvalue weighted by atomic mass is 9.99. The number of nitrogens with zero attached hydrogens (tertiary/aromatic N) is 1. The molecule has 2 rings (SSSR count). The summed E-state index contributed by atoms with van der Waals surface area (Å²) in [5, 5.41) is 2.74. The Morgan fingerprint density at radius 1 is 1.45 bits per heavy atom. The summed E-state index contributed by atoms with van der Waals surface area (Å²) in [6.45, 7) is 4.37. The van der Waals surface area contributed by atoms with E-state index >= 15 is 0 Å². The van der Waals surface area contributed by atoms with Crippen LogP contribution in [0.4, 0.5) is 4.39 Å². The van der Waals surface area contributed by atoms with E-state index in [1.54, 1.807) is 36.9 Å². The third kappa shape index (κ3) is 2.95. The maximum absolute atomic E-state index is 13.5. The van der Waals surface area contributed by atoms with Gasteiger partial charge in [0.15, 0.2) is 0 Å². The van der Waals surface area contributed by atoms with Crippen molar-refractivity contribution in [2.24, 2.45) is 0 Å². The molecule has 0 atom stereocenters. The van der Waals surface area contributed by atoms with E-state index in [0.717, 1.165) is 11.8 Å². The second-order valence-corrected chi connectivity index (χ2v) is 6.10. The molecule has 20 heavy (non-hydrogen) atoms. The van der Waals surface area contributed by atoms with Crippen LogP contribution in [0.25, 0.3) is 0 Å². The molecule has 1 aromatic rings. The number of benzene rings is 1. The van der Waals surface area contributed by atoms with Crippen molar-refractivity contribution in [3.63, 3.8) is 0 Å². The molecule has 1 aliphatic heterocycles. The summed E-state index contributed by atoms with van der Waals surface area (Å²) >= 11 is 1.15. The normalized spacial score (nSPS) is 17.8. The van der Waals surface area contributed by atoms with E-state index in [2.05, 4.69) is 5.32 Å². The zero-order chi connectivity index (χ0) is 14.8. The molecule has 6 heteroatoms. The Kier molecular flexibility index (Phi) is 4.32. The van der Waals surface area contributed by atoms with Crippen LogP contribution in [0.15, 0.2) is 29.2 Å². The van der Waals surface area contributed by atoms with Gasteiger partial charge in [-0.3, -0.25) is 9.59 Å². The van der Waals surface area contributed by atoms with Gasteiger partial charge in [-0.15, -0.1) is 11.8 Å². The van der Waals surface area contributed by atoms with Gasteiger partial charge in [0, 0.05) is 18.0 Å². The minimum atomic E-state index is -0.856. The lowest BCUT2D eigenvalue weighted by Crippen LogP contribution is -2.63. The molecule has 4 nitrogen and oxygen atoms in total. The summed E-state index contributed by atoms with van der Waals surface area (Å²) in [7, 11) is 0. The molecular formula is C14H17FN2O2S. The largest absolute Gasteiger partial charge is 0.352 e. The van der Waals surface area contributed by atoms with Gasteiger partial charge in [0.2, 0.25) is 11.8 Å². The second kappa shape index (κ2) is 5.83. The molecule has 1 aromatic carbocycles. The van der Waals surface area contributed by atoms with Crippen molar-refractivity contribution in [3.05, 3.63) is 30.1 Å². The number of thioether (sulfide) groups is 1. The lowest BCUT2D eigenvalue weighted by molar-refractivity contribution is -0.147. The predicted molar refractivity (Wildman–Crippen MR) is 75.9 cm³/mol. The maximum atomic E-state index is 13.5. The Balaban J connectivity index is 2.02. The van der Waals surface area contributed by atoms with Crippen molar-refractivity contribution < 1.29 is 14.0 Å². The summed E-state index contributed by atoms with van der Waals surface area (Å²) in [5.41, 5.74) is -0.856. The topological polar surface area (TPSA) is 49.4 Å². The van der Waals surface area contributed by atoms with Crippen LogP contribution >= 0.6 is 11.8 Å². The molecule has 0 spiro atoms. The monoisotopic (exact) mass is 296 g/mol. The molecule has 0 saturated carbocycles. The van der Waals surface area contributed by atoms with E-state index < -0.39 is 5.54 Å². The first-order chi connectivity index (χ1) is 9.43. The Morgan fingerprint density at radius 3 is 2.85 bits per heavy atom. The summed E-state index contributed by atoms with van der Waals surface area (Å²) in [6.07, 6.45) is 0. The first kappa shape index (κ1) is 14.8. The molecule has 0 radical (unpaired) electrons. The zero-order valence-corrected chi connectivity index (χ0v) is 12.3. The molecular weight excluding hydrogens is 279 g/mol. The highest BCUT2D eigenvalue weighted by atomic mass is 32.2. The van der Waals surface area contributed by atoms with E-state index in [0.29, 0.717) is 18.0 Å². The van der Waals surface area contributed by atoms with Gasteiger partial charge in [-0.1, -0.05) is 12.1 Å². The van der Waals surface area contributed by atoms with E-state index in [9.17, 15) is 14.0 Å². The quantitative estimate of drug-likeness (QED) is 0.863. The number of nitrogens with one attached hydrogen (secondary N) is 1. The fraction of sp³-hybridized carbons (Fsp3) is 0.429. The first-order valence-electron chi connectivity index (χ1n) is 6.39. The van der Waals surface area contributed by atoms with Crippen molar-refractivity contribution in [2.45, 2.75) is 24.3 Å². The van der Waals surface area contributed by atoms with Crippen molar-refractivity contribution in [3.8, 4) is 0 Å². The highest BCUT2D eigenvalue weighted by Gasteiger charge is 2.40. The standard InChI is InChI=1S/C14H17FN2O2S/c1-14(2)13(19)16-7-8-17(14)12(18)9-20-11-6-4-3-5-10(11)15/h3-6H,7-9H2,1-2H3,(H,16,19). The number of amides is 2. The first-order valence-corrected chi connectivity index (χ1v) is 7.37. The van der Waals surface area contributed by atoms with Gasteiger partial charge >= 0.3 is 0 Å². The molecule has 1 heterocycles. The van der Waals surface area contributed by atoms with E-state index in [-0.39, 0.29) is 23.4 Å². The van der Waals surface area contributed by atoms with Crippen molar-refractivity contribution in [2.75, 3.05) is 18.8 Å². The Hall–Kier alpha value is -1.56. The van der Waals surface area contributed by atoms with Crippen LogP contribution < -0.4 is 5.32 Å². The predicted octanol–water partition coefficient (Wildman–Crippen LogP) is 1.65. The molecule has 108 valence electrons. The zero-order valence-electron chi connectivity index (χ0n) is 11.5. The number of halogens is 1. The molecule has 0 aliphatic carbocycles. The summed E-state index contributed by atoms with van der Waals surface area (Å²) in [4.78, 5) is 26.0. The number of carbonyl (C=O) groups is 2. The number of rotatable bonds is 3. The van der Waals surface area contributed by atoms with E-state index in [4.69, 9.17) is 0 Å². The number of carbonyl (C=O) groups excluding carboxylic acids is 2. The summed E-state index contributed by atoms with van der Waals surface area (Å²) < 4.78 is 13.5. The molecule has 1 fully saturated rings. The van der Waals surface area contributed by atoms with Crippen molar-refractivity contribution >= 4 is 23.6 Å². The Labute approximate surface area is 121 Å². The second-order valence-electron chi connectivity index (χ2n) is 5.08. The van der Waals surface area contributed by atoms with Crippen molar-refractivity contribution in [1.29, 1.82) is 0 Å². The number of piperazine rings is 1. The highest BCUT2D eigenvalue weighted by Crippen LogP contribution is 2.24. The fourth-order valence-corrected chi connectivity index (χ4v) is 2.93. The van der Waals surface area contributed by atoms with Crippen LogP contribution in [0.2, 0.25) is 0 Å².